The van der Waals surface area contributed by atoms with E-state index in [0.717, 1.165) is 11.0 Å². The van der Waals surface area contributed by atoms with E-state index in [4.69, 9.17) is 21.2 Å². The van der Waals surface area contributed by atoms with E-state index in [1.54, 1.807) is 0 Å². The summed E-state index contributed by atoms with van der Waals surface area (Å²) in [6.07, 6.45) is 1.46. The Labute approximate surface area is 79.2 Å². The van der Waals surface area contributed by atoms with Crippen molar-refractivity contribution in [2.24, 2.45) is 5.16 Å². The molecule has 0 aliphatic carbocycles. The van der Waals surface area contributed by atoms with Crippen LogP contribution in [0.3, 0.4) is 0 Å². The smallest absolute Gasteiger partial charge is 0.179 e. The minimum atomic E-state index is 0.0324. The van der Waals surface area contributed by atoms with Crippen LogP contribution < -0.4 is 0 Å². The molecule has 0 aliphatic heterocycles. The number of rotatable bonds is 1. The van der Waals surface area contributed by atoms with Gasteiger partial charge in [0.1, 0.15) is 11.8 Å². The summed E-state index contributed by atoms with van der Waals surface area (Å²) in [4.78, 5) is 0. The molecule has 1 aromatic carbocycles. The monoisotopic (exact) mass is 195 g/mol. The van der Waals surface area contributed by atoms with Crippen molar-refractivity contribution in [1.82, 2.24) is 0 Å². The van der Waals surface area contributed by atoms with Crippen molar-refractivity contribution >= 4 is 27.7 Å². The Morgan fingerprint density at radius 2 is 2.15 bits per heavy atom. The molecule has 1 aromatic heterocycles. The number of para-hydroxylation sites is 1. The minimum absolute atomic E-state index is 0.0324. The van der Waals surface area contributed by atoms with Gasteiger partial charge in [0, 0.05) is 5.39 Å². The zero-order chi connectivity index (χ0) is 9.26. The lowest BCUT2D eigenvalue weighted by atomic mass is 10.2. The van der Waals surface area contributed by atoms with Crippen LogP contribution in [0.5, 0.6) is 0 Å². The molecular formula is C9H6ClNO2. The predicted octanol–water partition coefficient (Wildman–Crippen LogP) is 2.81. The fraction of sp³-hybridized carbons (Fsp3) is 0. The summed E-state index contributed by atoms with van der Waals surface area (Å²) in [7, 11) is 0. The third kappa shape index (κ3) is 1.27. The van der Waals surface area contributed by atoms with Gasteiger partial charge in [-0.1, -0.05) is 35.0 Å². The fourth-order valence-electron chi connectivity index (χ4n) is 1.19. The van der Waals surface area contributed by atoms with Crippen molar-refractivity contribution in [3.63, 3.8) is 0 Å². The van der Waals surface area contributed by atoms with Crippen molar-refractivity contribution in [3.8, 4) is 0 Å². The Balaban J connectivity index is 2.71. The summed E-state index contributed by atoms with van der Waals surface area (Å²) < 4.78 is 5.20. The number of oxime groups is 1. The molecule has 0 amide bonds. The van der Waals surface area contributed by atoms with Crippen LogP contribution in [0.4, 0.5) is 0 Å². The molecule has 0 fully saturated rings. The maximum absolute atomic E-state index is 8.48. The topological polar surface area (TPSA) is 45.7 Å². The van der Waals surface area contributed by atoms with Gasteiger partial charge in [-0.3, -0.25) is 0 Å². The van der Waals surface area contributed by atoms with E-state index < -0.39 is 0 Å². The molecule has 2 rings (SSSR count). The van der Waals surface area contributed by atoms with Crippen LogP contribution in [0.1, 0.15) is 5.56 Å². The maximum atomic E-state index is 8.48. The first kappa shape index (κ1) is 8.13. The predicted molar refractivity (Wildman–Crippen MR) is 50.4 cm³/mol. The standard InChI is InChI=1S/C9H6ClNO2/c10-9(11-12)7-5-13-8-4-2-1-3-6(7)8/h1-5,12H/b11-9+. The van der Waals surface area contributed by atoms with Crippen LogP contribution in [0.2, 0.25) is 0 Å². The van der Waals surface area contributed by atoms with E-state index in [2.05, 4.69) is 5.16 Å². The Kier molecular flexibility index (Phi) is 1.94. The maximum Gasteiger partial charge on any atom is 0.179 e. The Bertz CT molecular complexity index is 461. The van der Waals surface area contributed by atoms with Gasteiger partial charge in [-0.25, -0.2) is 0 Å². The Morgan fingerprint density at radius 1 is 1.38 bits per heavy atom. The van der Waals surface area contributed by atoms with Crippen molar-refractivity contribution in [2.45, 2.75) is 0 Å². The van der Waals surface area contributed by atoms with Crippen LogP contribution >= 0.6 is 11.6 Å². The fourth-order valence-corrected chi connectivity index (χ4v) is 1.34. The highest BCUT2D eigenvalue weighted by Gasteiger charge is 2.08. The van der Waals surface area contributed by atoms with Gasteiger partial charge in [-0.2, -0.15) is 0 Å². The lowest BCUT2D eigenvalue weighted by Gasteiger charge is -1.90. The average molecular weight is 196 g/mol. The lowest BCUT2D eigenvalue weighted by Crippen LogP contribution is -1.87. The molecule has 66 valence electrons. The van der Waals surface area contributed by atoms with Gasteiger partial charge in [0.25, 0.3) is 0 Å². The third-order valence-corrected chi connectivity index (χ3v) is 2.07. The Hall–Kier alpha value is -1.48. The molecule has 1 heterocycles. The van der Waals surface area contributed by atoms with Gasteiger partial charge in [-0.05, 0) is 6.07 Å². The largest absolute Gasteiger partial charge is 0.464 e. The number of nitrogens with zero attached hydrogens (tertiary/aromatic N) is 1. The quantitative estimate of drug-likeness (QED) is 0.432. The first-order valence-corrected chi connectivity index (χ1v) is 4.05. The van der Waals surface area contributed by atoms with E-state index in [9.17, 15) is 0 Å². The summed E-state index contributed by atoms with van der Waals surface area (Å²) in [6, 6.07) is 7.39. The molecule has 0 radical (unpaired) electrons. The number of furan rings is 1. The summed E-state index contributed by atoms with van der Waals surface area (Å²) >= 11 is 5.65. The van der Waals surface area contributed by atoms with Gasteiger partial charge >= 0.3 is 0 Å². The van der Waals surface area contributed by atoms with Crippen LogP contribution in [-0.2, 0) is 0 Å². The van der Waals surface area contributed by atoms with Gasteiger partial charge < -0.3 is 9.62 Å². The molecule has 3 nitrogen and oxygen atoms in total. The van der Waals surface area contributed by atoms with E-state index in [-0.39, 0.29) is 5.17 Å². The third-order valence-electron chi connectivity index (χ3n) is 1.79. The van der Waals surface area contributed by atoms with E-state index in [1.165, 1.54) is 6.26 Å². The van der Waals surface area contributed by atoms with Gasteiger partial charge in [0.2, 0.25) is 0 Å². The number of fused-ring (bicyclic) bond motifs is 1. The van der Waals surface area contributed by atoms with Crippen LogP contribution in [0.25, 0.3) is 11.0 Å². The highest BCUT2D eigenvalue weighted by atomic mass is 35.5. The SMILES string of the molecule is O/N=C(/Cl)c1coc2ccccc12. The van der Waals surface area contributed by atoms with Gasteiger partial charge in [0.05, 0.1) is 5.56 Å². The molecule has 0 saturated heterocycles. The zero-order valence-corrected chi connectivity index (χ0v) is 7.32. The van der Waals surface area contributed by atoms with Crippen LogP contribution in [0, 0.1) is 0 Å². The minimum Gasteiger partial charge on any atom is -0.464 e. The number of halogens is 1. The van der Waals surface area contributed by atoms with Gasteiger partial charge in [-0.15, -0.1) is 0 Å². The molecule has 0 unspecified atom stereocenters. The Morgan fingerprint density at radius 3 is 2.92 bits per heavy atom. The molecule has 4 heteroatoms. The molecule has 0 atom stereocenters. The molecular weight excluding hydrogens is 190 g/mol. The molecule has 0 aliphatic rings. The summed E-state index contributed by atoms with van der Waals surface area (Å²) in [5.74, 6) is 0. The molecule has 13 heavy (non-hydrogen) atoms. The molecule has 0 saturated carbocycles. The van der Waals surface area contributed by atoms with Crippen molar-refractivity contribution < 1.29 is 9.62 Å². The van der Waals surface area contributed by atoms with Crippen LogP contribution in [0.15, 0.2) is 40.1 Å². The molecule has 0 spiro atoms. The number of benzene rings is 1. The second kappa shape index (κ2) is 3.11. The second-order valence-corrected chi connectivity index (χ2v) is 2.89. The highest BCUT2D eigenvalue weighted by molar-refractivity contribution is 6.70. The molecule has 2 aromatic rings. The van der Waals surface area contributed by atoms with Gasteiger partial charge in [0.15, 0.2) is 5.17 Å². The summed E-state index contributed by atoms with van der Waals surface area (Å²) in [5, 5.41) is 12.3. The van der Waals surface area contributed by atoms with Crippen molar-refractivity contribution in [3.05, 3.63) is 36.1 Å². The van der Waals surface area contributed by atoms with Crippen molar-refractivity contribution in [2.75, 3.05) is 0 Å². The van der Waals surface area contributed by atoms with Crippen molar-refractivity contribution in [1.29, 1.82) is 0 Å². The number of hydrogen-bond donors (Lipinski definition) is 1. The lowest BCUT2D eigenvalue weighted by molar-refractivity contribution is 0.321. The summed E-state index contributed by atoms with van der Waals surface area (Å²) in [6.45, 7) is 0. The zero-order valence-electron chi connectivity index (χ0n) is 6.57. The van der Waals surface area contributed by atoms with Crippen LogP contribution in [-0.4, -0.2) is 10.4 Å². The second-order valence-electron chi connectivity index (χ2n) is 2.54. The number of hydrogen-bond acceptors (Lipinski definition) is 3. The first-order chi connectivity index (χ1) is 6.33. The average Bonchev–Trinajstić information content (AvgIpc) is 2.60. The summed E-state index contributed by atoms with van der Waals surface area (Å²) in [5.41, 5.74) is 1.32. The highest BCUT2D eigenvalue weighted by Crippen LogP contribution is 2.22. The molecule has 0 bridgehead atoms. The molecule has 1 N–H and O–H groups in total. The van der Waals surface area contributed by atoms with E-state index >= 15 is 0 Å². The van der Waals surface area contributed by atoms with E-state index in [1.807, 2.05) is 24.3 Å². The first-order valence-electron chi connectivity index (χ1n) is 3.67. The van der Waals surface area contributed by atoms with E-state index in [0.29, 0.717) is 5.56 Å². The normalized spacial score (nSPS) is 12.2.